The Kier molecular flexibility index (Phi) is 6.90. The summed E-state index contributed by atoms with van der Waals surface area (Å²) < 4.78 is 1.91. The van der Waals surface area contributed by atoms with Crippen molar-refractivity contribution < 1.29 is 9.59 Å². The van der Waals surface area contributed by atoms with Crippen LogP contribution in [0, 0.1) is 5.92 Å². The minimum absolute atomic E-state index is 0.0899. The molecular formula is C19H25N5O2S2. The van der Waals surface area contributed by atoms with Crippen molar-refractivity contribution in [1.82, 2.24) is 25.4 Å². The normalized spacial score (nSPS) is 15.7. The Labute approximate surface area is 173 Å². The molecule has 1 atom stereocenters. The lowest BCUT2D eigenvalue weighted by molar-refractivity contribution is -0.117. The van der Waals surface area contributed by atoms with E-state index < -0.39 is 6.03 Å². The van der Waals surface area contributed by atoms with Gasteiger partial charge >= 0.3 is 6.03 Å². The van der Waals surface area contributed by atoms with Crippen molar-refractivity contribution in [3.05, 3.63) is 29.2 Å². The van der Waals surface area contributed by atoms with Crippen molar-refractivity contribution in [1.29, 1.82) is 0 Å². The molecule has 2 N–H and O–H groups in total. The van der Waals surface area contributed by atoms with Gasteiger partial charge < -0.3 is 9.88 Å². The molecule has 0 spiro atoms. The number of hydrogen-bond donors (Lipinski definition) is 2. The van der Waals surface area contributed by atoms with Crippen LogP contribution in [0.3, 0.4) is 0 Å². The van der Waals surface area contributed by atoms with Crippen LogP contribution in [-0.4, -0.2) is 39.0 Å². The Hall–Kier alpha value is -2.13. The summed E-state index contributed by atoms with van der Waals surface area (Å²) in [5.74, 6) is 1.31. The summed E-state index contributed by atoms with van der Waals surface area (Å²) in [4.78, 5) is 26.0. The topological polar surface area (TPSA) is 88.9 Å². The third-order valence-corrected chi connectivity index (χ3v) is 7.06. The van der Waals surface area contributed by atoms with Gasteiger partial charge in [-0.05, 0) is 36.8 Å². The number of nitrogens with zero attached hydrogens (tertiary/aromatic N) is 3. The fourth-order valence-electron chi connectivity index (χ4n) is 3.21. The van der Waals surface area contributed by atoms with Gasteiger partial charge in [-0.1, -0.05) is 31.2 Å². The quantitative estimate of drug-likeness (QED) is 0.532. The molecule has 3 rings (SSSR count). The van der Waals surface area contributed by atoms with Gasteiger partial charge in [0.15, 0.2) is 11.0 Å². The van der Waals surface area contributed by atoms with Crippen LogP contribution in [-0.2, 0) is 24.7 Å². The van der Waals surface area contributed by atoms with Gasteiger partial charge in [0.05, 0.1) is 10.6 Å². The highest BCUT2D eigenvalue weighted by molar-refractivity contribution is 7.99. The first kappa shape index (κ1) is 20.6. The number of thiophene rings is 1. The summed E-state index contributed by atoms with van der Waals surface area (Å²) in [5.41, 5.74) is 1.44. The zero-order valence-electron chi connectivity index (χ0n) is 16.2. The van der Waals surface area contributed by atoms with Crippen molar-refractivity contribution in [3.63, 3.8) is 0 Å². The van der Waals surface area contributed by atoms with Gasteiger partial charge in [-0.2, -0.15) is 0 Å². The number of rotatable bonds is 7. The lowest BCUT2D eigenvalue weighted by Crippen LogP contribution is -2.40. The van der Waals surface area contributed by atoms with E-state index in [-0.39, 0.29) is 11.7 Å². The van der Waals surface area contributed by atoms with Crippen LogP contribution in [0.2, 0.25) is 0 Å². The SMILES string of the molecule is C=CCNC(=O)NC(=O)CSc1nnc(-c2cc3c(s2)CCC(CC)C3)n1C. The van der Waals surface area contributed by atoms with Crippen LogP contribution in [0.4, 0.5) is 4.79 Å². The third-order valence-electron chi connectivity index (χ3n) is 4.81. The molecule has 0 aromatic carbocycles. The van der Waals surface area contributed by atoms with Crippen molar-refractivity contribution in [2.45, 2.75) is 37.8 Å². The maximum atomic E-state index is 11.9. The van der Waals surface area contributed by atoms with Crippen LogP contribution in [0.5, 0.6) is 0 Å². The number of thioether (sulfide) groups is 1. The molecule has 0 fully saturated rings. The van der Waals surface area contributed by atoms with E-state index in [1.807, 2.05) is 11.6 Å². The number of aryl methyl sites for hydroxylation is 1. The summed E-state index contributed by atoms with van der Waals surface area (Å²) in [6.45, 7) is 6.07. The number of urea groups is 1. The first-order valence-corrected chi connectivity index (χ1v) is 11.1. The maximum absolute atomic E-state index is 11.9. The highest BCUT2D eigenvalue weighted by Crippen LogP contribution is 2.37. The van der Waals surface area contributed by atoms with Crippen LogP contribution in [0.15, 0.2) is 23.9 Å². The van der Waals surface area contributed by atoms with Gasteiger partial charge in [-0.25, -0.2) is 4.79 Å². The number of aromatic nitrogens is 3. The Balaban J connectivity index is 1.62. The van der Waals surface area contributed by atoms with Gasteiger partial charge in [0.1, 0.15) is 0 Å². The summed E-state index contributed by atoms with van der Waals surface area (Å²) >= 11 is 3.05. The molecule has 1 unspecified atom stereocenters. The zero-order chi connectivity index (χ0) is 20.1. The number of carbonyl (C=O) groups is 2. The lowest BCUT2D eigenvalue weighted by Gasteiger charge is -2.19. The average Bonchev–Trinajstić information content (AvgIpc) is 3.26. The molecule has 28 heavy (non-hydrogen) atoms. The van der Waals surface area contributed by atoms with Gasteiger partial charge in [-0.3, -0.25) is 10.1 Å². The van der Waals surface area contributed by atoms with E-state index in [0.717, 1.165) is 29.5 Å². The van der Waals surface area contributed by atoms with Crippen LogP contribution >= 0.6 is 23.1 Å². The predicted octanol–water partition coefficient (Wildman–Crippen LogP) is 3.16. The minimum Gasteiger partial charge on any atom is -0.334 e. The van der Waals surface area contributed by atoms with E-state index in [9.17, 15) is 9.59 Å². The van der Waals surface area contributed by atoms with Crippen LogP contribution in [0.25, 0.3) is 10.7 Å². The molecular weight excluding hydrogens is 394 g/mol. The third kappa shape index (κ3) is 4.82. The second kappa shape index (κ2) is 9.38. The average molecular weight is 420 g/mol. The number of imide groups is 1. The van der Waals surface area contributed by atoms with E-state index >= 15 is 0 Å². The molecule has 2 heterocycles. The minimum atomic E-state index is -0.529. The molecule has 0 radical (unpaired) electrons. The van der Waals surface area contributed by atoms with Crippen molar-refractivity contribution >= 4 is 35.0 Å². The van der Waals surface area contributed by atoms with Crippen LogP contribution < -0.4 is 10.6 Å². The molecule has 3 amide bonds. The maximum Gasteiger partial charge on any atom is 0.321 e. The lowest BCUT2D eigenvalue weighted by atomic mass is 9.87. The number of amides is 3. The Bertz CT molecular complexity index is 874. The summed E-state index contributed by atoms with van der Waals surface area (Å²) in [6.07, 6.45) is 6.33. The van der Waals surface area contributed by atoms with Crippen LogP contribution in [0.1, 0.15) is 30.2 Å². The fraction of sp³-hybridized carbons (Fsp3) is 0.474. The summed E-state index contributed by atoms with van der Waals surface area (Å²) in [7, 11) is 1.90. The first-order chi connectivity index (χ1) is 13.5. The molecule has 150 valence electrons. The smallest absolute Gasteiger partial charge is 0.321 e. The molecule has 2 aromatic heterocycles. The molecule has 1 aliphatic carbocycles. The van der Waals surface area contributed by atoms with Gasteiger partial charge in [0.25, 0.3) is 0 Å². The Morgan fingerprint density at radius 1 is 1.46 bits per heavy atom. The number of carbonyl (C=O) groups excluding carboxylic acids is 2. The van der Waals surface area contributed by atoms with E-state index in [1.165, 1.54) is 35.0 Å². The first-order valence-electron chi connectivity index (χ1n) is 9.34. The van der Waals surface area contributed by atoms with Crippen molar-refractivity contribution in [2.75, 3.05) is 12.3 Å². The second-order valence-corrected chi connectivity index (χ2v) is 8.86. The van der Waals surface area contributed by atoms with Gasteiger partial charge in [0, 0.05) is 18.5 Å². The van der Waals surface area contributed by atoms with E-state index in [1.54, 1.807) is 17.4 Å². The summed E-state index contributed by atoms with van der Waals surface area (Å²) in [5, 5.41) is 14.0. The Morgan fingerprint density at radius 2 is 2.29 bits per heavy atom. The standard InChI is InChI=1S/C19H25N5O2S2/c1-4-8-20-18(26)21-16(25)11-27-19-23-22-17(24(19)3)15-10-13-9-12(5-2)6-7-14(13)28-15/h4,10,12H,1,5-9,11H2,2-3H3,(H2,20,21,25,26). The molecule has 9 heteroatoms. The molecule has 7 nitrogen and oxygen atoms in total. The number of fused-ring (bicyclic) bond motifs is 1. The predicted molar refractivity (Wildman–Crippen MR) is 113 cm³/mol. The number of nitrogens with one attached hydrogen (secondary N) is 2. The summed E-state index contributed by atoms with van der Waals surface area (Å²) in [6, 6.07) is 1.72. The van der Waals surface area contributed by atoms with Crippen molar-refractivity contribution in [3.8, 4) is 10.7 Å². The van der Waals surface area contributed by atoms with Gasteiger partial charge in [0.2, 0.25) is 5.91 Å². The van der Waals surface area contributed by atoms with Crippen molar-refractivity contribution in [2.24, 2.45) is 13.0 Å². The molecule has 0 saturated heterocycles. The highest BCUT2D eigenvalue weighted by atomic mass is 32.2. The monoisotopic (exact) mass is 419 g/mol. The van der Waals surface area contributed by atoms with E-state index in [2.05, 4.69) is 40.4 Å². The molecule has 0 bridgehead atoms. The van der Waals surface area contributed by atoms with E-state index in [4.69, 9.17) is 0 Å². The molecule has 2 aromatic rings. The highest BCUT2D eigenvalue weighted by Gasteiger charge is 2.22. The fourth-order valence-corrected chi connectivity index (χ4v) is 5.15. The molecule has 0 saturated carbocycles. The largest absolute Gasteiger partial charge is 0.334 e. The zero-order valence-corrected chi connectivity index (χ0v) is 17.8. The second-order valence-electron chi connectivity index (χ2n) is 6.78. The number of hydrogen-bond acceptors (Lipinski definition) is 6. The Morgan fingerprint density at radius 3 is 3.04 bits per heavy atom. The molecule has 1 aliphatic rings. The van der Waals surface area contributed by atoms with E-state index in [0.29, 0.717) is 11.7 Å². The van der Waals surface area contributed by atoms with Gasteiger partial charge in [-0.15, -0.1) is 28.1 Å². The molecule has 0 aliphatic heterocycles.